The molecule has 1 heterocycles. The second-order valence-corrected chi connectivity index (χ2v) is 5.62. The Morgan fingerprint density at radius 2 is 2.29 bits per heavy atom. The number of carbonyl (C=O) groups is 1. The van der Waals surface area contributed by atoms with E-state index in [9.17, 15) is 9.18 Å². The number of nitrogens with one attached hydrogen (secondary N) is 1. The predicted octanol–water partition coefficient (Wildman–Crippen LogP) is 1.32. The number of ether oxygens (including phenoxy) is 2. The van der Waals surface area contributed by atoms with Crippen molar-refractivity contribution >= 4 is 5.91 Å². The zero-order valence-corrected chi connectivity index (χ0v) is 12.2. The van der Waals surface area contributed by atoms with Crippen LogP contribution in [0.4, 0.5) is 4.39 Å². The highest BCUT2D eigenvalue weighted by molar-refractivity contribution is 5.96. The van der Waals surface area contributed by atoms with Gasteiger partial charge < -0.3 is 20.5 Å². The van der Waals surface area contributed by atoms with Crippen molar-refractivity contribution in [2.75, 3.05) is 32.9 Å². The van der Waals surface area contributed by atoms with Gasteiger partial charge in [-0.3, -0.25) is 4.79 Å². The smallest absolute Gasteiger partial charge is 0.255 e. The van der Waals surface area contributed by atoms with E-state index in [4.69, 9.17) is 15.2 Å². The van der Waals surface area contributed by atoms with E-state index in [1.165, 1.54) is 18.2 Å². The minimum absolute atomic E-state index is 0.0381. The molecule has 3 N–H and O–H groups in total. The van der Waals surface area contributed by atoms with Crippen molar-refractivity contribution in [1.29, 1.82) is 0 Å². The summed E-state index contributed by atoms with van der Waals surface area (Å²) >= 11 is 0. The van der Waals surface area contributed by atoms with Crippen LogP contribution in [-0.2, 0) is 4.74 Å². The summed E-state index contributed by atoms with van der Waals surface area (Å²) in [6.07, 6.45) is 0.674. The lowest BCUT2D eigenvalue weighted by atomic mass is 9.88. The van der Waals surface area contributed by atoms with E-state index < -0.39 is 5.82 Å². The van der Waals surface area contributed by atoms with Gasteiger partial charge in [0.1, 0.15) is 11.6 Å². The molecule has 0 unspecified atom stereocenters. The summed E-state index contributed by atoms with van der Waals surface area (Å²) in [5, 5.41) is 2.81. The summed E-state index contributed by atoms with van der Waals surface area (Å²) in [6, 6.07) is 3.93. The average Bonchev–Trinajstić information content (AvgIpc) is 2.44. The van der Waals surface area contributed by atoms with Gasteiger partial charge in [0, 0.05) is 12.0 Å². The highest BCUT2D eigenvalue weighted by Gasteiger charge is 2.33. The number of hydrogen-bond acceptors (Lipinski definition) is 4. The maximum Gasteiger partial charge on any atom is 0.255 e. The largest absolute Gasteiger partial charge is 0.493 e. The van der Waals surface area contributed by atoms with Gasteiger partial charge in [0.05, 0.1) is 25.4 Å². The number of nitrogens with two attached hydrogens (primary N) is 1. The summed E-state index contributed by atoms with van der Waals surface area (Å²) in [6.45, 7) is 4.66. The normalized spacial score (nSPS) is 16.1. The quantitative estimate of drug-likeness (QED) is 0.744. The van der Waals surface area contributed by atoms with Crippen molar-refractivity contribution in [3.8, 4) is 5.75 Å². The summed E-state index contributed by atoms with van der Waals surface area (Å²) in [7, 11) is 0. The van der Waals surface area contributed by atoms with Crippen molar-refractivity contribution in [1.82, 2.24) is 5.32 Å². The van der Waals surface area contributed by atoms with Crippen LogP contribution < -0.4 is 15.8 Å². The third-order valence-electron chi connectivity index (χ3n) is 3.37. The van der Waals surface area contributed by atoms with Gasteiger partial charge in [0.25, 0.3) is 5.91 Å². The van der Waals surface area contributed by atoms with Crippen LogP contribution in [0.15, 0.2) is 18.2 Å². The summed E-state index contributed by atoms with van der Waals surface area (Å²) in [5.41, 5.74) is 5.57. The Morgan fingerprint density at radius 3 is 2.90 bits per heavy atom. The molecule has 0 bridgehead atoms. The van der Waals surface area contributed by atoms with Crippen molar-refractivity contribution in [3.05, 3.63) is 29.6 Å². The molecule has 0 saturated carbocycles. The highest BCUT2D eigenvalue weighted by Crippen LogP contribution is 2.26. The van der Waals surface area contributed by atoms with Crippen LogP contribution in [-0.4, -0.2) is 38.8 Å². The molecule has 0 spiro atoms. The van der Waals surface area contributed by atoms with Gasteiger partial charge in [-0.2, -0.15) is 0 Å². The first-order valence-electron chi connectivity index (χ1n) is 7.02. The van der Waals surface area contributed by atoms with Crippen LogP contribution in [0.2, 0.25) is 0 Å². The second-order valence-electron chi connectivity index (χ2n) is 5.62. The highest BCUT2D eigenvalue weighted by atomic mass is 19.1. The Bertz CT molecular complexity index is 504. The van der Waals surface area contributed by atoms with E-state index in [2.05, 4.69) is 5.32 Å². The summed E-state index contributed by atoms with van der Waals surface area (Å²) in [4.78, 5) is 12.2. The summed E-state index contributed by atoms with van der Waals surface area (Å²) < 4.78 is 24.0. The first kappa shape index (κ1) is 15.7. The average molecular weight is 296 g/mol. The van der Waals surface area contributed by atoms with Crippen LogP contribution in [0, 0.1) is 11.2 Å². The Kier molecular flexibility index (Phi) is 5.14. The number of carbonyl (C=O) groups excluding carboxylic acids is 1. The van der Waals surface area contributed by atoms with Crippen molar-refractivity contribution < 1.29 is 18.7 Å². The van der Waals surface area contributed by atoms with Gasteiger partial charge in [-0.05, 0) is 31.2 Å². The van der Waals surface area contributed by atoms with Crippen LogP contribution in [0.5, 0.6) is 5.75 Å². The Hall–Kier alpha value is -1.66. The molecule has 1 aliphatic heterocycles. The van der Waals surface area contributed by atoms with E-state index in [0.29, 0.717) is 45.1 Å². The predicted molar refractivity (Wildman–Crippen MR) is 76.8 cm³/mol. The monoisotopic (exact) mass is 296 g/mol. The van der Waals surface area contributed by atoms with Gasteiger partial charge in [0.15, 0.2) is 0 Å². The molecule has 6 heteroatoms. The third kappa shape index (κ3) is 4.15. The fourth-order valence-electron chi connectivity index (χ4n) is 2.01. The fourth-order valence-corrected chi connectivity index (χ4v) is 2.01. The van der Waals surface area contributed by atoms with E-state index in [0.717, 1.165) is 0 Å². The van der Waals surface area contributed by atoms with Crippen molar-refractivity contribution in [2.24, 2.45) is 11.1 Å². The first-order valence-corrected chi connectivity index (χ1v) is 7.02. The lowest BCUT2D eigenvalue weighted by Crippen LogP contribution is -2.48. The molecular weight excluding hydrogens is 275 g/mol. The van der Waals surface area contributed by atoms with Crippen molar-refractivity contribution in [2.45, 2.75) is 13.3 Å². The second kappa shape index (κ2) is 6.87. The van der Waals surface area contributed by atoms with E-state index in [1.54, 1.807) is 0 Å². The molecule has 116 valence electrons. The molecule has 2 rings (SSSR count). The number of rotatable bonds is 7. The molecule has 1 amide bonds. The Balaban J connectivity index is 2.01. The number of halogens is 1. The van der Waals surface area contributed by atoms with Crippen molar-refractivity contribution in [3.63, 3.8) is 0 Å². The van der Waals surface area contributed by atoms with Gasteiger partial charge >= 0.3 is 0 Å². The molecule has 5 nitrogen and oxygen atoms in total. The number of hydrogen-bond donors (Lipinski definition) is 2. The minimum atomic E-state index is -0.468. The van der Waals surface area contributed by atoms with E-state index in [-0.39, 0.29) is 16.9 Å². The van der Waals surface area contributed by atoms with Gasteiger partial charge in [-0.25, -0.2) is 4.39 Å². The standard InChI is InChI=1S/C15H21FN2O3/c1-15(9-20-10-15)8-18-14(19)12-7-11(16)3-4-13(12)21-6-2-5-17/h3-4,7H,2,5-6,8-10,17H2,1H3,(H,18,19). The molecular formula is C15H21FN2O3. The van der Waals surface area contributed by atoms with Gasteiger partial charge in [-0.1, -0.05) is 6.92 Å². The molecule has 1 fully saturated rings. The Morgan fingerprint density at radius 1 is 1.52 bits per heavy atom. The van der Waals surface area contributed by atoms with Crippen LogP contribution in [0.3, 0.4) is 0 Å². The van der Waals surface area contributed by atoms with Crippen LogP contribution in [0.1, 0.15) is 23.7 Å². The first-order chi connectivity index (χ1) is 10.0. The topological polar surface area (TPSA) is 73.6 Å². The van der Waals surface area contributed by atoms with Gasteiger partial charge in [-0.15, -0.1) is 0 Å². The molecule has 1 aliphatic rings. The molecule has 0 radical (unpaired) electrons. The maximum absolute atomic E-state index is 13.4. The molecule has 0 aliphatic carbocycles. The SMILES string of the molecule is CC1(CNC(=O)c2cc(F)ccc2OCCCN)COC1. The lowest BCUT2D eigenvalue weighted by Gasteiger charge is -2.38. The zero-order valence-electron chi connectivity index (χ0n) is 12.2. The molecule has 1 aromatic rings. The van der Waals surface area contributed by atoms with E-state index in [1.807, 2.05) is 6.92 Å². The fraction of sp³-hybridized carbons (Fsp3) is 0.533. The summed E-state index contributed by atoms with van der Waals surface area (Å²) in [5.74, 6) is -0.438. The van der Waals surface area contributed by atoms with Crippen LogP contribution in [0.25, 0.3) is 0 Å². The lowest BCUT2D eigenvalue weighted by molar-refractivity contribution is -0.0978. The number of benzene rings is 1. The number of amides is 1. The zero-order chi connectivity index (χ0) is 15.3. The molecule has 1 saturated heterocycles. The third-order valence-corrected chi connectivity index (χ3v) is 3.37. The molecule has 0 aromatic heterocycles. The molecule has 1 aromatic carbocycles. The molecule has 21 heavy (non-hydrogen) atoms. The van der Waals surface area contributed by atoms with Gasteiger partial charge in [0.2, 0.25) is 0 Å². The minimum Gasteiger partial charge on any atom is -0.493 e. The Labute approximate surface area is 123 Å². The maximum atomic E-state index is 13.4. The van der Waals surface area contributed by atoms with E-state index >= 15 is 0 Å². The molecule has 0 atom stereocenters. The van der Waals surface area contributed by atoms with Crippen LogP contribution >= 0.6 is 0 Å².